The van der Waals surface area contributed by atoms with Crippen LogP contribution in [0.1, 0.15) is 18.3 Å². The maximum absolute atomic E-state index is 12.3. The summed E-state index contributed by atoms with van der Waals surface area (Å²) in [7, 11) is 6.05. The number of hydrogen-bond donors (Lipinski definition) is 2. The van der Waals surface area contributed by atoms with Crippen molar-refractivity contribution < 1.29 is 4.79 Å². The molecule has 2 N–H and O–H groups in total. The number of carbonyl (C=O) groups excluding carboxylic acids is 1. The van der Waals surface area contributed by atoms with Crippen molar-refractivity contribution in [2.45, 2.75) is 26.8 Å². The first-order valence-electron chi connectivity index (χ1n) is 10.6. The summed E-state index contributed by atoms with van der Waals surface area (Å²) in [4.78, 5) is 35.2. The summed E-state index contributed by atoms with van der Waals surface area (Å²) in [5, 5.41) is 6.21. The van der Waals surface area contributed by atoms with Crippen LogP contribution in [0.25, 0.3) is 10.6 Å². The molecule has 0 saturated carbocycles. The van der Waals surface area contributed by atoms with Gasteiger partial charge < -0.3 is 19.7 Å². The zero-order valence-corrected chi connectivity index (χ0v) is 20.1. The van der Waals surface area contributed by atoms with Crippen LogP contribution < -0.4 is 15.5 Å². The van der Waals surface area contributed by atoms with E-state index in [2.05, 4.69) is 37.4 Å². The van der Waals surface area contributed by atoms with E-state index >= 15 is 0 Å². The zero-order valence-electron chi connectivity index (χ0n) is 19.3. The number of likely N-dealkylation sites (N-methyl/N-ethyl adjacent to an activating group) is 2. The van der Waals surface area contributed by atoms with Crippen molar-refractivity contribution in [2.24, 2.45) is 0 Å². The standard InChI is InChI=1S/C21H31N9OS/c1-6-30-13-16(24-14-30)7-9-23-20(31)27-21-25-15(2)18(32-21)17-8-10-22-19(26-17)29(5)12-11-28(3)4/h8,10,13-14H,6-7,9,11-12H2,1-5H3,(H2,23,25,27,31). The second kappa shape index (κ2) is 11.0. The third kappa shape index (κ3) is 6.47. The molecular formula is C21H31N9OS. The Kier molecular flexibility index (Phi) is 8.12. The van der Waals surface area contributed by atoms with E-state index in [0.717, 1.165) is 41.6 Å². The number of aromatic nitrogens is 5. The molecule has 3 aromatic rings. The average Bonchev–Trinajstić information content (AvgIpc) is 3.38. The fraction of sp³-hybridized carbons (Fsp3) is 0.476. The van der Waals surface area contributed by atoms with Gasteiger partial charge in [0, 0.05) is 52.0 Å². The minimum absolute atomic E-state index is 0.285. The number of imidazole rings is 1. The highest BCUT2D eigenvalue weighted by Gasteiger charge is 2.15. The van der Waals surface area contributed by atoms with Gasteiger partial charge >= 0.3 is 6.03 Å². The molecule has 0 aliphatic carbocycles. The molecule has 0 aliphatic heterocycles. The van der Waals surface area contributed by atoms with Gasteiger partial charge in [-0.3, -0.25) is 5.32 Å². The van der Waals surface area contributed by atoms with Crippen LogP contribution in [0, 0.1) is 6.92 Å². The first-order valence-corrected chi connectivity index (χ1v) is 11.4. The largest absolute Gasteiger partial charge is 0.343 e. The molecular weight excluding hydrogens is 426 g/mol. The third-order valence-electron chi connectivity index (χ3n) is 4.84. The fourth-order valence-corrected chi connectivity index (χ4v) is 3.88. The number of nitrogens with one attached hydrogen (secondary N) is 2. The van der Waals surface area contributed by atoms with Crippen LogP contribution in [0.3, 0.4) is 0 Å². The topological polar surface area (TPSA) is 104 Å². The highest BCUT2D eigenvalue weighted by molar-refractivity contribution is 7.19. The third-order valence-corrected chi connectivity index (χ3v) is 5.93. The molecule has 0 atom stereocenters. The van der Waals surface area contributed by atoms with Crippen molar-refractivity contribution in [3.8, 4) is 10.6 Å². The van der Waals surface area contributed by atoms with Crippen LogP contribution in [0.4, 0.5) is 15.9 Å². The normalized spacial score (nSPS) is 11.1. The van der Waals surface area contributed by atoms with Gasteiger partial charge in [0.1, 0.15) is 0 Å². The van der Waals surface area contributed by atoms with Gasteiger partial charge in [0.2, 0.25) is 5.95 Å². The molecule has 10 nitrogen and oxygen atoms in total. The molecule has 11 heteroatoms. The number of anilines is 2. The summed E-state index contributed by atoms with van der Waals surface area (Å²) in [6.07, 6.45) is 6.22. The van der Waals surface area contributed by atoms with Crippen LogP contribution in [-0.2, 0) is 13.0 Å². The van der Waals surface area contributed by atoms with E-state index in [4.69, 9.17) is 4.98 Å². The van der Waals surface area contributed by atoms with Gasteiger partial charge in [0.25, 0.3) is 0 Å². The van der Waals surface area contributed by atoms with Gasteiger partial charge in [-0.05, 0) is 34.0 Å². The fourth-order valence-electron chi connectivity index (χ4n) is 2.95. The predicted octanol–water partition coefficient (Wildman–Crippen LogP) is 2.49. The summed E-state index contributed by atoms with van der Waals surface area (Å²) in [6, 6.07) is 1.58. The van der Waals surface area contributed by atoms with Crippen molar-refractivity contribution >= 4 is 28.4 Å². The van der Waals surface area contributed by atoms with E-state index in [1.54, 1.807) is 12.5 Å². The monoisotopic (exact) mass is 457 g/mol. The molecule has 3 heterocycles. The Bertz CT molecular complexity index is 1030. The lowest BCUT2D eigenvalue weighted by atomic mass is 10.3. The number of rotatable bonds is 10. The molecule has 172 valence electrons. The predicted molar refractivity (Wildman–Crippen MR) is 128 cm³/mol. The highest BCUT2D eigenvalue weighted by Crippen LogP contribution is 2.31. The second-order valence-electron chi connectivity index (χ2n) is 7.73. The summed E-state index contributed by atoms with van der Waals surface area (Å²) in [5.41, 5.74) is 2.56. The summed E-state index contributed by atoms with van der Waals surface area (Å²) in [6.45, 7) is 7.09. The molecule has 0 aliphatic rings. The van der Waals surface area contributed by atoms with Crippen molar-refractivity contribution in [1.29, 1.82) is 0 Å². The molecule has 0 aromatic carbocycles. The van der Waals surface area contributed by atoms with Crippen molar-refractivity contribution in [1.82, 2.24) is 34.7 Å². The van der Waals surface area contributed by atoms with Crippen molar-refractivity contribution in [2.75, 3.05) is 51.0 Å². The van der Waals surface area contributed by atoms with E-state index in [-0.39, 0.29) is 6.03 Å². The Morgan fingerprint density at radius 3 is 2.72 bits per heavy atom. The van der Waals surface area contributed by atoms with Gasteiger partial charge in [0.15, 0.2) is 5.13 Å². The Hall–Kier alpha value is -3.05. The van der Waals surface area contributed by atoms with Crippen LogP contribution in [0.5, 0.6) is 0 Å². The number of nitrogens with zero attached hydrogens (tertiary/aromatic N) is 7. The molecule has 0 saturated heterocycles. The number of hydrogen-bond acceptors (Lipinski definition) is 8. The van der Waals surface area contributed by atoms with E-state index in [9.17, 15) is 4.79 Å². The van der Waals surface area contributed by atoms with Gasteiger partial charge in [-0.25, -0.2) is 24.7 Å². The molecule has 0 spiro atoms. The lowest BCUT2D eigenvalue weighted by molar-refractivity contribution is 0.252. The number of amides is 2. The van der Waals surface area contributed by atoms with Gasteiger partial charge in [-0.2, -0.15) is 0 Å². The average molecular weight is 458 g/mol. The smallest absolute Gasteiger partial charge is 0.321 e. The SMILES string of the molecule is CCn1cnc(CCNC(=O)Nc2nc(C)c(-c3ccnc(N(C)CCN(C)C)n3)s2)c1. The van der Waals surface area contributed by atoms with E-state index in [0.29, 0.717) is 24.0 Å². The van der Waals surface area contributed by atoms with E-state index in [1.807, 2.05) is 49.8 Å². The maximum Gasteiger partial charge on any atom is 0.321 e. The Morgan fingerprint density at radius 2 is 2.00 bits per heavy atom. The Labute approximate surface area is 192 Å². The highest BCUT2D eigenvalue weighted by atomic mass is 32.1. The van der Waals surface area contributed by atoms with Crippen LogP contribution >= 0.6 is 11.3 Å². The maximum atomic E-state index is 12.3. The number of carbonyl (C=O) groups is 1. The molecule has 2 amide bonds. The van der Waals surface area contributed by atoms with Crippen molar-refractivity contribution in [3.63, 3.8) is 0 Å². The van der Waals surface area contributed by atoms with E-state index < -0.39 is 0 Å². The number of thiazole rings is 1. The van der Waals surface area contributed by atoms with Gasteiger partial charge in [-0.15, -0.1) is 0 Å². The number of aryl methyl sites for hydroxylation is 2. The van der Waals surface area contributed by atoms with Crippen molar-refractivity contribution in [3.05, 3.63) is 36.2 Å². The van der Waals surface area contributed by atoms with Gasteiger partial charge in [-0.1, -0.05) is 11.3 Å². The van der Waals surface area contributed by atoms with Crippen LogP contribution in [0.15, 0.2) is 24.8 Å². The van der Waals surface area contributed by atoms with E-state index in [1.165, 1.54) is 11.3 Å². The molecule has 0 fully saturated rings. The molecule has 0 unspecified atom stereocenters. The zero-order chi connectivity index (χ0) is 23.1. The molecule has 0 bridgehead atoms. The molecule has 3 aromatic heterocycles. The molecule has 3 rings (SSSR count). The summed E-state index contributed by atoms with van der Waals surface area (Å²) >= 11 is 1.40. The Balaban J connectivity index is 1.58. The second-order valence-corrected chi connectivity index (χ2v) is 8.73. The minimum atomic E-state index is -0.285. The molecule has 32 heavy (non-hydrogen) atoms. The molecule has 0 radical (unpaired) electrons. The van der Waals surface area contributed by atoms with Crippen LogP contribution in [0.2, 0.25) is 0 Å². The summed E-state index contributed by atoms with van der Waals surface area (Å²) < 4.78 is 2.01. The number of urea groups is 1. The first-order chi connectivity index (χ1) is 15.4. The van der Waals surface area contributed by atoms with Gasteiger partial charge in [0.05, 0.1) is 28.3 Å². The quantitative estimate of drug-likeness (QED) is 0.482. The first kappa shape index (κ1) is 23.6. The van der Waals surface area contributed by atoms with Crippen LogP contribution in [-0.4, -0.2) is 76.2 Å². The minimum Gasteiger partial charge on any atom is -0.343 e. The lowest BCUT2D eigenvalue weighted by Crippen LogP contribution is -2.30. The Morgan fingerprint density at radius 1 is 1.19 bits per heavy atom. The summed E-state index contributed by atoms with van der Waals surface area (Å²) in [5.74, 6) is 0.662. The lowest BCUT2D eigenvalue weighted by Gasteiger charge is -2.19.